The number of carbonyl (C=O) groups excluding carboxylic acids is 1. The molecule has 6 heteroatoms. The van der Waals surface area contributed by atoms with E-state index in [9.17, 15) is 15.0 Å². The summed E-state index contributed by atoms with van der Waals surface area (Å²) in [6, 6.07) is 23.6. The fraction of sp³-hybridized carbons (Fsp3) is 0.125. The first-order valence-electron chi connectivity index (χ1n) is 9.81. The minimum atomic E-state index is -0.282. The number of nitrogens with zero attached hydrogens (tertiary/aromatic N) is 2. The lowest BCUT2D eigenvalue weighted by molar-refractivity contribution is -0.774. The molecule has 0 aliphatic heterocycles. The lowest BCUT2D eigenvalue weighted by Crippen LogP contribution is -2.49. The second kappa shape index (κ2) is 8.21. The molecule has 0 aliphatic carbocycles. The van der Waals surface area contributed by atoms with Crippen molar-refractivity contribution in [3.05, 3.63) is 84.4 Å². The fourth-order valence-electron chi connectivity index (χ4n) is 3.48. The number of benzene rings is 3. The maximum Gasteiger partial charge on any atom is 0.638 e. The summed E-state index contributed by atoms with van der Waals surface area (Å²) in [5.41, 5.74) is 3.02. The second-order valence-corrected chi connectivity index (χ2v) is 7.00. The summed E-state index contributed by atoms with van der Waals surface area (Å²) < 4.78 is 2.81. The van der Waals surface area contributed by atoms with Gasteiger partial charge >= 0.3 is 11.9 Å². The summed E-state index contributed by atoms with van der Waals surface area (Å²) in [7, 11) is 0. The molecule has 150 valence electrons. The zero-order valence-electron chi connectivity index (χ0n) is 16.6. The number of aromatic hydroxyl groups is 2. The van der Waals surface area contributed by atoms with E-state index in [1.54, 1.807) is 36.4 Å². The van der Waals surface area contributed by atoms with E-state index in [1.165, 1.54) is 14.7 Å². The van der Waals surface area contributed by atoms with Crippen LogP contribution in [0.25, 0.3) is 16.6 Å². The molecule has 0 radical (unpaired) electrons. The summed E-state index contributed by atoms with van der Waals surface area (Å²) in [4.78, 5) is 12.8. The first-order chi connectivity index (χ1) is 14.6. The van der Waals surface area contributed by atoms with Crippen molar-refractivity contribution in [2.75, 3.05) is 5.32 Å². The van der Waals surface area contributed by atoms with Gasteiger partial charge in [-0.1, -0.05) is 54.0 Å². The number of fused-ring (bicyclic) bond motifs is 1. The predicted molar refractivity (Wildman–Crippen MR) is 113 cm³/mol. The lowest BCUT2D eigenvalue weighted by atomic mass is 10.1. The highest BCUT2D eigenvalue weighted by Crippen LogP contribution is 2.22. The van der Waals surface area contributed by atoms with E-state index in [4.69, 9.17) is 0 Å². The van der Waals surface area contributed by atoms with Gasteiger partial charge in [-0.25, -0.2) is 0 Å². The molecule has 0 fully saturated rings. The van der Waals surface area contributed by atoms with Crippen LogP contribution in [0.3, 0.4) is 0 Å². The number of carbonyl (C=O) groups is 1. The quantitative estimate of drug-likeness (QED) is 0.450. The molecule has 4 rings (SSSR count). The largest absolute Gasteiger partial charge is 0.638 e. The molecular formula is C24H23N3O3+2. The van der Waals surface area contributed by atoms with E-state index >= 15 is 0 Å². The van der Waals surface area contributed by atoms with Crippen molar-refractivity contribution in [1.29, 1.82) is 0 Å². The smallest absolute Gasteiger partial charge is 0.459 e. The van der Waals surface area contributed by atoms with Gasteiger partial charge in [0.25, 0.3) is 5.91 Å². The summed E-state index contributed by atoms with van der Waals surface area (Å²) in [6.45, 7) is 1.96. The molecule has 0 saturated carbocycles. The third kappa shape index (κ3) is 3.67. The van der Waals surface area contributed by atoms with Crippen molar-refractivity contribution in [3.63, 3.8) is 0 Å². The Kier molecular flexibility index (Phi) is 5.30. The van der Waals surface area contributed by atoms with Gasteiger partial charge < -0.3 is 15.5 Å². The third-order valence-corrected chi connectivity index (χ3v) is 5.05. The maximum absolute atomic E-state index is 12.8. The van der Waals surface area contributed by atoms with E-state index in [-0.39, 0.29) is 24.3 Å². The molecule has 1 heterocycles. The maximum atomic E-state index is 12.8. The average molecular weight is 401 g/mol. The highest BCUT2D eigenvalue weighted by Gasteiger charge is 2.36. The summed E-state index contributed by atoms with van der Waals surface area (Å²) in [5.74, 6) is -0.379. The van der Waals surface area contributed by atoms with Gasteiger partial charge in [0, 0.05) is 23.9 Å². The highest BCUT2D eigenvalue weighted by molar-refractivity contribution is 5.90. The fourth-order valence-corrected chi connectivity index (χ4v) is 3.48. The Hall–Kier alpha value is -3.93. The van der Waals surface area contributed by atoms with Crippen molar-refractivity contribution in [1.82, 2.24) is 0 Å². The molecule has 0 atom stereocenters. The molecule has 0 bridgehead atoms. The van der Waals surface area contributed by atoms with Gasteiger partial charge in [0.1, 0.15) is 0 Å². The number of hydrogen-bond donors (Lipinski definition) is 3. The lowest BCUT2D eigenvalue weighted by Gasteiger charge is -2.06. The first-order valence-corrected chi connectivity index (χ1v) is 9.81. The van der Waals surface area contributed by atoms with Crippen LogP contribution in [0.5, 0.6) is 11.9 Å². The number of nitrogens with one attached hydrogen (secondary N) is 1. The zero-order valence-corrected chi connectivity index (χ0v) is 16.6. The SMILES string of the molecule is CCc1ccc(NC(=O)C[n+]2c(O)[n+](-c3ccccc3)c(O)c3ccccc32)cc1. The van der Waals surface area contributed by atoms with Crippen LogP contribution in [0.4, 0.5) is 5.69 Å². The van der Waals surface area contributed by atoms with E-state index in [1.807, 2.05) is 42.5 Å². The Balaban J connectivity index is 1.75. The number of amides is 1. The molecule has 1 amide bonds. The molecular weight excluding hydrogens is 378 g/mol. The van der Waals surface area contributed by atoms with Crippen molar-refractivity contribution in [3.8, 4) is 17.6 Å². The number of aryl methyl sites for hydroxylation is 1. The minimum absolute atomic E-state index is 0.0962. The van der Waals surface area contributed by atoms with Crippen LogP contribution in [-0.4, -0.2) is 16.1 Å². The van der Waals surface area contributed by atoms with Crippen LogP contribution in [0.2, 0.25) is 0 Å². The summed E-state index contributed by atoms with van der Waals surface area (Å²) >= 11 is 0. The average Bonchev–Trinajstić information content (AvgIpc) is 2.78. The molecule has 4 aromatic rings. The molecule has 0 spiro atoms. The van der Waals surface area contributed by atoms with Crippen LogP contribution in [-0.2, 0) is 17.8 Å². The Morgan fingerprint density at radius 1 is 0.900 bits per heavy atom. The van der Waals surface area contributed by atoms with Gasteiger partial charge in [0.2, 0.25) is 17.7 Å². The number of anilines is 1. The van der Waals surface area contributed by atoms with Crippen molar-refractivity contribution in [2.45, 2.75) is 19.9 Å². The van der Waals surface area contributed by atoms with Gasteiger partial charge in [-0.2, -0.15) is 0 Å². The molecule has 0 aliphatic rings. The van der Waals surface area contributed by atoms with E-state index in [2.05, 4.69) is 12.2 Å². The van der Waals surface area contributed by atoms with E-state index in [0.717, 1.165) is 6.42 Å². The Labute approximate surface area is 174 Å². The van der Waals surface area contributed by atoms with Gasteiger partial charge in [0.15, 0.2) is 5.39 Å². The van der Waals surface area contributed by atoms with Crippen LogP contribution in [0.1, 0.15) is 12.5 Å². The molecule has 0 saturated heterocycles. The molecule has 3 N–H and O–H groups in total. The first kappa shape index (κ1) is 19.4. The van der Waals surface area contributed by atoms with Crippen LogP contribution >= 0.6 is 0 Å². The van der Waals surface area contributed by atoms with Crippen LogP contribution in [0.15, 0.2) is 78.9 Å². The standard InChI is InChI=1S/C24H21N3O3/c1-2-17-12-14-18(15-13-17)25-22(28)16-26-21-11-7-6-10-20(21)23(29)27(24(26)30)19-8-4-3-5-9-19/h3-15H,2,16H2,1H3,(H,25,28)/p+2. The number of para-hydroxylation sites is 2. The van der Waals surface area contributed by atoms with E-state index < -0.39 is 0 Å². The monoisotopic (exact) mass is 401 g/mol. The van der Waals surface area contributed by atoms with Crippen molar-refractivity contribution in [2.24, 2.45) is 0 Å². The normalized spacial score (nSPS) is 10.8. The van der Waals surface area contributed by atoms with E-state index in [0.29, 0.717) is 22.3 Å². The van der Waals surface area contributed by atoms with Gasteiger partial charge in [-0.3, -0.25) is 4.79 Å². The second-order valence-electron chi connectivity index (χ2n) is 7.00. The summed E-state index contributed by atoms with van der Waals surface area (Å²) in [6.07, 6.45) is 0.928. The van der Waals surface area contributed by atoms with Gasteiger partial charge in [-0.15, -0.1) is 0 Å². The third-order valence-electron chi connectivity index (χ3n) is 5.05. The number of hydrogen-bond acceptors (Lipinski definition) is 3. The Morgan fingerprint density at radius 3 is 2.27 bits per heavy atom. The molecule has 3 aromatic carbocycles. The van der Waals surface area contributed by atoms with Crippen LogP contribution < -0.4 is 14.5 Å². The predicted octanol–water partition coefficient (Wildman–Crippen LogP) is 3.02. The Bertz CT molecular complexity index is 1210. The Morgan fingerprint density at radius 2 is 1.57 bits per heavy atom. The molecule has 0 unspecified atom stereocenters. The number of rotatable bonds is 5. The molecule has 1 aromatic heterocycles. The number of aromatic nitrogens is 2. The van der Waals surface area contributed by atoms with Crippen molar-refractivity contribution >= 4 is 22.5 Å². The van der Waals surface area contributed by atoms with Crippen molar-refractivity contribution < 1.29 is 24.1 Å². The highest BCUT2D eigenvalue weighted by atomic mass is 16.3. The zero-order chi connectivity index (χ0) is 21.1. The van der Waals surface area contributed by atoms with Gasteiger partial charge in [0.05, 0.1) is 0 Å². The summed E-state index contributed by atoms with van der Waals surface area (Å²) in [5, 5.41) is 25.2. The molecule has 6 nitrogen and oxygen atoms in total. The van der Waals surface area contributed by atoms with Crippen LogP contribution in [0, 0.1) is 0 Å². The van der Waals surface area contributed by atoms with Gasteiger partial charge in [-0.05, 0) is 34.8 Å². The molecule has 30 heavy (non-hydrogen) atoms. The topological polar surface area (TPSA) is 77.3 Å². The minimum Gasteiger partial charge on any atom is -0.459 e.